The number of sulfone groups is 1. The van der Waals surface area contributed by atoms with E-state index in [0.717, 1.165) is 11.1 Å². The highest BCUT2D eigenvalue weighted by Gasteiger charge is 2.26. The van der Waals surface area contributed by atoms with Crippen molar-refractivity contribution in [3.05, 3.63) is 29.3 Å². The van der Waals surface area contributed by atoms with Gasteiger partial charge in [-0.3, -0.25) is 9.59 Å². The summed E-state index contributed by atoms with van der Waals surface area (Å²) in [6.45, 7) is 4.38. The van der Waals surface area contributed by atoms with Crippen LogP contribution in [0.3, 0.4) is 0 Å². The molecule has 0 spiro atoms. The van der Waals surface area contributed by atoms with E-state index < -0.39 is 21.5 Å². The second-order valence-electron chi connectivity index (χ2n) is 5.42. The summed E-state index contributed by atoms with van der Waals surface area (Å²) in [6, 6.07) is 4.87. The smallest absolute Gasteiger partial charge is 0.238 e. The van der Waals surface area contributed by atoms with Gasteiger partial charge >= 0.3 is 0 Å². The lowest BCUT2D eigenvalue weighted by Gasteiger charge is -2.25. The van der Waals surface area contributed by atoms with Gasteiger partial charge in [0.2, 0.25) is 5.91 Å². The minimum Gasteiger partial charge on any atom is -0.341 e. The van der Waals surface area contributed by atoms with Crippen LogP contribution in [0.25, 0.3) is 0 Å². The van der Waals surface area contributed by atoms with Crippen LogP contribution in [0.15, 0.2) is 23.1 Å². The Kier molecular flexibility index (Phi) is 4.46. The molecule has 0 unspecified atom stereocenters. The van der Waals surface area contributed by atoms with Crippen LogP contribution in [0, 0.1) is 13.8 Å². The average molecular weight is 309 g/mol. The summed E-state index contributed by atoms with van der Waals surface area (Å²) in [6.07, 6.45) is 0.630. The van der Waals surface area contributed by atoms with Crippen molar-refractivity contribution >= 4 is 21.5 Å². The van der Waals surface area contributed by atoms with Crippen LogP contribution in [-0.2, 0) is 19.4 Å². The van der Waals surface area contributed by atoms with Gasteiger partial charge < -0.3 is 4.90 Å². The minimum atomic E-state index is -3.64. The van der Waals surface area contributed by atoms with Crippen LogP contribution in [0.4, 0.5) is 0 Å². The number of carbonyl (C=O) groups is 2. The zero-order chi connectivity index (χ0) is 15.6. The maximum atomic E-state index is 12.3. The predicted molar refractivity (Wildman–Crippen MR) is 78.8 cm³/mol. The number of ketones is 1. The summed E-state index contributed by atoms with van der Waals surface area (Å²) in [7, 11) is -3.64. The van der Waals surface area contributed by atoms with E-state index in [1.165, 1.54) is 11.0 Å². The first-order chi connectivity index (χ1) is 9.79. The number of nitrogens with zero attached hydrogens (tertiary/aromatic N) is 1. The highest BCUT2D eigenvalue weighted by Crippen LogP contribution is 2.17. The van der Waals surface area contributed by atoms with Gasteiger partial charge in [0, 0.05) is 25.9 Å². The first kappa shape index (κ1) is 15.7. The Morgan fingerprint density at radius 1 is 1.14 bits per heavy atom. The van der Waals surface area contributed by atoms with Crippen LogP contribution in [0.2, 0.25) is 0 Å². The molecule has 0 atom stereocenters. The number of hydrogen-bond donors (Lipinski definition) is 0. The van der Waals surface area contributed by atoms with E-state index >= 15 is 0 Å². The zero-order valence-electron chi connectivity index (χ0n) is 12.3. The van der Waals surface area contributed by atoms with Crippen molar-refractivity contribution in [3.8, 4) is 0 Å². The van der Waals surface area contributed by atoms with Gasteiger partial charge in [-0.05, 0) is 37.1 Å². The van der Waals surface area contributed by atoms with E-state index in [-0.39, 0.29) is 10.7 Å². The molecule has 0 aliphatic carbocycles. The number of rotatable bonds is 3. The Balaban J connectivity index is 2.11. The van der Waals surface area contributed by atoms with Crippen LogP contribution < -0.4 is 0 Å². The Morgan fingerprint density at radius 2 is 1.76 bits per heavy atom. The Morgan fingerprint density at radius 3 is 2.33 bits per heavy atom. The van der Waals surface area contributed by atoms with E-state index in [9.17, 15) is 18.0 Å². The van der Waals surface area contributed by atoms with Gasteiger partial charge in [-0.1, -0.05) is 6.07 Å². The third kappa shape index (κ3) is 3.69. The molecule has 0 radical (unpaired) electrons. The van der Waals surface area contributed by atoms with Gasteiger partial charge in [0.05, 0.1) is 4.90 Å². The molecular weight excluding hydrogens is 290 g/mol. The van der Waals surface area contributed by atoms with Crippen molar-refractivity contribution in [2.24, 2.45) is 0 Å². The SMILES string of the molecule is Cc1ccc(S(=O)(=O)CC(=O)N2CCC(=O)CC2)cc1C. The molecule has 0 aromatic heterocycles. The quantitative estimate of drug-likeness (QED) is 0.843. The molecule has 0 saturated carbocycles. The number of piperidine rings is 1. The predicted octanol–water partition coefficient (Wildman–Crippen LogP) is 1.27. The van der Waals surface area contributed by atoms with Crippen molar-refractivity contribution in [1.29, 1.82) is 0 Å². The number of likely N-dealkylation sites (tertiary alicyclic amines) is 1. The lowest BCUT2D eigenvalue weighted by atomic mass is 10.1. The molecule has 6 heteroatoms. The first-order valence-electron chi connectivity index (χ1n) is 6.89. The maximum Gasteiger partial charge on any atom is 0.238 e. The van der Waals surface area contributed by atoms with Gasteiger partial charge in [0.1, 0.15) is 11.5 Å². The summed E-state index contributed by atoms with van der Waals surface area (Å²) in [5.74, 6) is -0.847. The van der Waals surface area contributed by atoms with Crippen molar-refractivity contribution in [1.82, 2.24) is 4.90 Å². The molecule has 1 heterocycles. The number of hydrogen-bond acceptors (Lipinski definition) is 4. The van der Waals surface area contributed by atoms with Crippen LogP contribution in [0.1, 0.15) is 24.0 Å². The third-order valence-corrected chi connectivity index (χ3v) is 5.42. The fraction of sp³-hybridized carbons (Fsp3) is 0.467. The number of carbonyl (C=O) groups excluding carboxylic acids is 2. The summed E-state index contributed by atoms with van der Waals surface area (Å²) >= 11 is 0. The summed E-state index contributed by atoms with van der Waals surface area (Å²) in [4.78, 5) is 24.9. The molecule has 1 saturated heterocycles. The van der Waals surface area contributed by atoms with Gasteiger partial charge in [0.15, 0.2) is 9.84 Å². The van der Waals surface area contributed by atoms with Crippen molar-refractivity contribution in [2.45, 2.75) is 31.6 Å². The highest BCUT2D eigenvalue weighted by atomic mass is 32.2. The number of Topliss-reactive ketones (excluding diaryl/α,β-unsaturated/α-hetero) is 1. The first-order valence-corrected chi connectivity index (χ1v) is 8.54. The summed E-state index contributed by atoms with van der Waals surface area (Å²) in [5.41, 5.74) is 1.89. The third-order valence-electron chi connectivity index (χ3n) is 3.82. The maximum absolute atomic E-state index is 12.3. The number of benzene rings is 1. The molecule has 114 valence electrons. The molecule has 2 rings (SSSR count). The van der Waals surface area contributed by atoms with E-state index in [4.69, 9.17) is 0 Å². The molecule has 0 bridgehead atoms. The van der Waals surface area contributed by atoms with E-state index in [0.29, 0.717) is 25.9 Å². The number of amides is 1. The van der Waals surface area contributed by atoms with Crippen molar-refractivity contribution in [3.63, 3.8) is 0 Å². The van der Waals surface area contributed by atoms with Gasteiger partial charge in [-0.25, -0.2) is 8.42 Å². The zero-order valence-corrected chi connectivity index (χ0v) is 13.1. The van der Waals surface area contributed by atoms with Crippen molar-refractivity contribution < 1.29 is 18.0 Å². The molecule has 1 amide bonds. The fourth-order valence-corrected chi connectivity index (χ4v) is 3.56. The van der Waals surface area contributed by atoms with Crippen molar-refractivity contribution in [2.75, 3.05) is 18.8 Å². The second kappa shape index (κ2) is 5.97. The standard InChI is InChI=1S/C15H19NO4S/c1-11-3-4-14(9-12(11)2)21(19,20)10-15(18)16-7-5-13(17)6-8-16/h3-4,9H,5-8,10H2,1-2H3. The molecule has 21 heavy (non-hydrogen) atoms. The Bertz CT molecular complexity index is 669. The van der Waals surface area contributed by atoms with E-state index in [2.05, 4.69) is 0 Å². The molecule has 5 nitrogen and oxygen atoms in total. The molecule has 1 aliphatic heterocycles. The normalized spacial score (nSPS) is 16.1. The Hall–Kier alpha value is -1.69. The van der Waals surface area contributed by atoms with Gasteiger partial charge in [-0.15, -0.1) is 0 Å². The number of aryl methyl sites for hydroxylation is 2. The van der Waals surface area contributed by atoms with Crippen LogP contribution in [0.5, 0.6) is 0 Å². The Labute approximate surface area is 124 Å². The fourth-order valence-electron chi connectivity index (χ4n) is 2.25. The lowest BCUT2D eigenvalue weighted by molar-refractivity contribution is -0.132. The summed E-state index contributed by atoms with van der Waals surface area (Å²) in [5, 5.41) is 0. The van der Waals surface area contributed by atoms with Crippen LogP contribution >= 0.6 is 0 Å². The van der Waals surface area contributed by atoms with Crippen LogP contribution in [-0.4, -0.2) is 43.9 Å². The van der Waals surface area contributed by atoms with E-state index in [1.807, 2.05) is 13.8 Å². The molecule has 0 N–H and O–H groups in total. The minimum absolute atomic E-state index is 0.121. The second-order valence-corrected chi connectivity index (χ2v) is 7.41. The largest absolute Gasteiger partial charge is 0.341 e. The molecule has 1 aromatic rings. The van der Waals surface area contributed by atoms with Gasteiger partial charge in [-0.2, -0.15) is 0 Å². The summed E-state index contributed by atoms with van der Waals surface area (Å²) < 4.78 is 24.6. The monoisotopic (exact) mass is 309 g/mol. The molecule has 1 aromatic carbocycles. The molecular formula is C15H19NO4S. The van der Waals surface area contributed by atoms with E-state index in [1.54, 1.807) is 12.1 Å². The topological polar surface area (TPSA) is 71.5 Å². The lowest BCUT2D eigenvalue weighted by Crippen LogP contribution is -2.41. The molecule has 1 fully saturated rings. The average Bonchev–Trinajstić information content (AvgIpc) is 2.42. The highest BCUT2D eigenvalue weighted by molar-refractivity contribution is 7.92. The molecule has 1 aliphatic rings. The van der Waals surface area contributed by atoms with Gasteiger partial charge in [0.25, 0.3) is 0 Å².